The number of hydrogen-bond donors (Lipinski definition) is 1. The molecule has 21 heavy (non-hydrogen) atoms. The van der Waals surface area contributed by atoms with Gasteiger partial charge in [-0.25, -0.2) is 0 Å². The SMILES string of the molecule is CNC(CCc1ccccc1)c1cc2c(s1)CCCCC2. The van der Waals surface area contributed by atoms with Crippen molar-refractivity contribution in [1.29, 1.82) is 0 Å². The maximum Gasteiger partial charge on any atom is 0.0415 e. The standard InChI is InChI=1S/C19H25NS/c1-20-17(13-12-15-8-4-2-5-9-15)19-14-16-10-6-3-7-11-18(16)21-19/h2,4-5,8-9,14,17,20H,3,6-7,10-13H2,1H3. The third-order valence-corrected chi connectivity index (χ3v) is 5.87. The van der Waals surface area contributed by atoms with Crippen molar-refractivity contribution in [2.45, 2.75) is 51.0 Å². The molecule has 1 aliphatic rings. The van der Waals surface area contributed by atoms with Crippen LogP contribution in [0, 0.1) is 0 Å². The minimum atomic E-state index is 0.502. The largest absolute Gasteiger partial charge is 0.312 e. The molecule has 1 aliphatic carbocycles. The summed E-state index contributed by atoms with van der Waals surface area (Å²) in [5, 5.41) is 3.52. The van der Waals surface area contributed by atoms with Gasteiger partial charge in [-0.3, -0.25) is 0 Å². The van der Waals surface area contributed by atoms with Crippen molar-refractivity contribution in [3.05, 3.63) is 57.3 Å². The fraction of sp³-hybridized carbons (Fsp3) is 0.474. The number of fused-ring (bicyclic) bond motifs is 1. The van der Waals surface area contributed by atoms with Crippen LogP contribution >= 0.6 is 11.3 Å². The summed E-state index contributed by atoms with van der Waals surface area (Å²) in [4.78, 5) is 3.20. The van der Waals surface area contributed by atoms with Crippen LogP contribution in [0.2, 0.25) is 0 Å². The highest BCUT2D eigenvalue weighted by Gasteiger charge is 2.17. The topological polar surface area (TPSA) is 12.0 Å². The molecule has 2 heteroatoms. The Morgan fingerprint density at radius 2 is 1.90 bits per heavy atom. The van der Waals surface area contributed by atoms with E-state index >= 15 is 0 Å². The molecule has 1 N–H and O–H groups in total. The first-order valence-corrected chi connectivity index (χ1v) is 9.01. The van der Waals surface area contributed by atoms with E-state index < -0.39 is 0 Å². The van der Waals surface area contributed by atoms with Gasteiger partial charge in [-0.1, -0.05) is 36.8 Å². The monoisotopic (exact) mass is 299 g/mol. The number of hydrogen-bond acceptors (Lipinski definition) is 2. The van der Waals surface area contributed by atoms with Gasteiger partial charge in [-0.05, 0) is 62.8 Å². The number of thiophene rings is 1. The summed E-state index contributed by atoms with van der Waals surface area (Å²) >= 11 is 2.05. The average Bonchev–Trinajstić information content (AvgIpc) is 2.79. The van der Waals surface area contributed by atoms with E-state index in [4.69, 9.17) is 0 Å². The zero-order valence-corrected chi connectivity index (χ0v) is 13.7. The lowest BCUT2D eigenvalue weighted by molar-refractivity contribution is 0.557. The highest BCUT2D eigenvalue weighted by Crippen LogP contribution is 2.33. The molecule has 0 bridgehead atoms. The number of rotatable bonds is 5. The summed E-state index contributed by atoms with van der Waals surface area (Å²) in [6, 6.07) is 13.8. The lowest BCUT2D eigenvalue weighted by atomic mass is 10.0. The van der Waals surface area contributed by atoms with Crippen LogP contribution in [0.1, 0.15) is 52.6 Å². The maximum absolute atomic E-state index is 3.52. The minimum Gasteiger partial charge on any atom is -0.312 e. The van der Waals surface area contributed by atoms with Crippen LogP contribution in [-0.2, 0) is 19.3 Å². The molecule has 0 amide bonds. The lowest BCUT2D eigenvalue weighted by Gasteiger charge is -2.14. The van der Waals surface area contributed by atoms with Gasteiger partial charge in [0.15, 0.2) is 0 Å². The Hall–Kier alpha value is -1.12. The fourth-order valence-corrected chi connectivity index (χ4v) is 4.65. The predicted molar refractivity (Wildman–Crippen MR) is 92.1 cm³/mol. The molecular weight excluding hydrogens is 274 g/mol. The van der Waals surface area contributed by atoms with E-state index in [1.54, 1.807) is 15.3 Å². The molecular formula is C19H25NS. The summed E-state index contributed by atoms with van der Waals surface area (Å²) in [6.45, 7) is 0. The third kappa shape index (κ3) is 3.75. The van der Waals surface area contributed by atoms with E-state index in [1.807, 2.05) is 0 Å². The van der Waals surface area contributed by atoms with E-state index in [2.05, 4.69) is 60.1 Å². The Kier molecular flexibility index (Phi) is 5.10. The number of aryl methyl sites for hydroxylation is 3. The molecule has 3 rings (SSSR count). The Bertz CT molecular complexity index is 535. The van der Waals surface area contributed by atoms with Crippen LogP contribution in [0.4, 0.5) is 0 Å². The zero-order chi connectivity index (χ0) is 14.5. The van der Waals surface area contributed by atoms with Crippen molar-refractivity contribution in [1.82, 2.24) is 5.32 Å². The van der Waals surface area contributed by atoms with E-state index in [0.717, 1.165) is 6.42 Å². The average molecular weight is 299 g/mol. The molecule has 2 aromatic rings. The molecule has 1 nitrogen and oxygen atoms in total. The van der Waals surface area contributed by atoms with Gasteiger partial charge in [-0.2, -0.15) is 0 Å². The van der Waals surface area contributed by atoms with Crippen LogP contribution < -0.4 is 5.32 Å². The molecule has 0 saturated carbocycles. The van der Waals surface area contributed by atoms with Gasteiger partial charge in [0.05, 0.1) is 0 Å². The van der Waals surface area contributed by atoms with Crippen LogP contribution in [0.15, 0.2) is 36.4 Å². The van der Waals surface area contributed by atoms with Crippen LogP contribution in [0.5, 0.6) is 0 Å². The second-order valence-electron chi connectivity index (χ2n) is 6.02. The summed E-state index contributed by atoms with van der Waals surface area (Å²) in [5.41, 5.74) is 3.07. The Labute approximate surface area is 132 Å². The van der Waals surface area contributed by atoms with Gasteiger partial charge in [0.1, 0.15) is 0 Å². The molecule has 0 radical (unpaired) electrons. The second kappa shape index (κ2) is 7.24. The second-order valence-corrected chi connectivity index (χ2v) is 7.19. The quantitative estimate of drug-likeness (QED) is 0.773. The first-order valence-electron chi connectivity index (χ1n) is 8.19. The van der Waals surface area contributed by atoms with E-state index in [9.17, 15) is 0 Å². The Morgan fingerprint density at radius 1 is 1.10 bits per heavy atom. The fourth-order valence-electron chi connectivity index (χ4n) is 3.25. The van der Waals surface area contributed by atoms with Crippen molar-refractivity contribution in [3.8, 4) is 0 Å². The maximum atomic E-state index is 3.52. The van der Waals surface area contributed by atoms with Crippen molar-refractivity contribution in [2.75, 3.05) is 7.05 Å². The summed E-state index contributed by atoms with van der Waals surface area (Å²) < 4.78 is 0. The summed E-state index contributed by atoms with van der Waals surface area (Å²) in [5.74, 6) is 0. The van der Waals surface area contributed by atoms with E-state index in [0.29, 0.717) is 6.04 Å². The van der Waals surface area contributed by atoms with Crippen molar-refractivity contribution in [2.24, 2.45) is 0 Å². The molecule has 1 heterocycles. The molecule has 0 fully saturated rings. The number of benzene rings is 1. The molecule has 1 aromatic heterocycles. The van der Waals surface area contributed by atoms with Gasteiger partial charge < -0.3 is 5.32 Å². The molecule has 0 aliphatic heterocycles. The first-order chi connectivity index (χ1) is 10.4. The van der Waals surface area contributed by atoms with E-state index in [1.165, 1.54) is 44.1 Å². The van der Waals surface area contributed by atoms with Gasteiger partial charge in [0, 0.05) is 15.8 Å². The van der Waals surface area contributed by atoms with E-state index in [-0.39, 0.29) is 0 Å². The van der Waals surface area contributed by atoms with Crippen molar-refractivity contribution < 1.29 is 0 Å². The highest BCUT2D eigenvalue weighted by molar-refractivity contribution is 7.12. The Morgan fingerprint density at radius 3 is 2.71 bits per heavy atom. The molecule has 1 atom stereocenters. The molecule has 0 saturated heterocycles. The summed E-state index contributed by atoms with van der Waals surface area (Å²) in [7, 11) is 2.10. The molecule has 1 unspecified atom stereocenters. The highest BCUT2D eigenvalue weighted by atomic mass is 32.1. The molecule has 112 valence electrons. The predicted octanol–water partition coefficient (Wildman–Crippen LogP) is 4.91. The van der Waals surface area contributed by atoms with Crippen molar-refractivity contribution in [3.63, 3.8) is 0 Å². The van der Waals surface area contributed by atoms with Crippen molar-refractivity contribution >= 4 is 11.3 Å². The van der Waals surface area contributed by atoms with Crippen LogP contribution in [0.3, 0.4) is 0 Å². The minimum absolute atomic E-state index is 0.502. The van der Waals surface area contributed by atoms with Gasteiger partial charge >= 0.3 is 0 Å². The third-order valence-electron chi connectivity index (χ3n) is 4.52. The smallest absolute Gasteiger partial charge is 0.0415 e. The van der Waals surface area contributed by atoms with Gasteiger partial charge in [-0.15, -0.1) is 11.3 Å². The number of nitrogens with one attached hydrogen (secondary N) is 1. The van der Waals surface area contributed by atoms with Crippen LogP contribution in [0.25, 0.3) is 0 Å². The van der Waals surface area contributed by atoms with Gasteiger partial charge in [0.2, 0.25) is 0 Å². The Balaban J connectivity index is 1.68. The van der Waals surface area contributed by atoms with Gasteiger partial charge in [0.25, 0.3) is 0 Å². The first kappa shape index (κ1) is 14.8. The molecule has 0 spiro atoms. The normalized spacial score (nSPS) is 16.2. The summed E-state index contributed by atoms with van der Waals surface area (Å²) in [6.07, 6.45) is 9.07. The zero-order valence-electron chi connectivity index (χ0n) is 12.9. The molecule has 1 aromatic carbocycles. The lowest BCUT2D eigenvalue weighted by Crippen LogP contribution is -2.16. The van der Waals surface area contributed by atoms with Crippen LogP contribution in [-0.4, -0.2) is 7.05 Å².